The van der Waals surface area contributed by atoms with Crippen molar-refractivity contribution in [1.82, 2.24) is 15.0 Å². The van der Waals surface area contributed by atoms with E-state index in [1.165, 1.54) is 11.0 Å². The molecule has 1 aromatic carbocycles. The van der Waals surface area contributed by atoms with E-state index in [1.807, 2.05) is 0 Å². The molecule has 0 aliphatic heterocycles. The van der Waals surface area contributed by atoms with Gasteiger partial charge in [0.05, 0.1) is 25.3 Å². The fourth-order valence-electron chi connectivity index (χ4n) is 2.34. The van der Waals surface area contributed by atoms with Gasteiger partial charge in [-0.2, -0.15) is 15.0 Å². The van der Waals surface area contributed by atoms with E-state index in [1.54, 1.807) is 0 Å². The summed E-state index contributed by atoms with van der Waals surface area (Å²) in [7, 11) is 0. The lowest BCUT2D eigenvalue weighted by Gasteiger charge is -2.15. The molecule has 9 heteroatoms. The highest BCUT2D eigenvalue weighted by Crippen LogP contribution is 2.19. The van der Waals surface area contributed by atoms with Crippen LogP contribution < -0.4 is 15.5 Å². The van der Waals surface area contributed by atoms with Gasteiger partial charge in [0.1, 0.15) is 11.6 Å². The topological polar surface area (TPSA) is 67.2 Å². The summed E-state index contributed by atoms with van der Waals surface area (Å²) >= 11 is 5.89. The lowest BCUT2D eigenvalue weighted by Crippen LogP contribution is -3.11. The van der Waals surface area contributed by atoms with Crippen LogP contribution in [0.5, 0.6) is 0 Å². The molecule has 3 N–H and O–H groups in total. The molecule has 0 bridgehead atoms. The molecule has 136 valence electrons. The lowest BCUT2D eigenvalue weighted by molar-refractivity contribution is -0.896. The van der Waals surface area contributed by atoms with Crippen molar-refractivity contribution in [3.63, 3.8) is 0 Å². The standard InChI is InChI=1S/C16H21ClF2N6/c1-3-25(4-2)9-5-8-20-15-22-14(17)23-16(24-15)21-13-7-6-11(18)10-12(13)19/h6-7,10H,3-5,8-9H2,1-2H3,(H2,20,21,22,23,24)/p+1. The Bertz CT molecular complexity index is 696. The smallest absolute Gasteiger partial charge is 0.233 e. The number of hydrogen-bond donors (Lipinski definition) is 3. The van der Waals surface area contributed by atoms with Gasteiger partial charge >= 0.3 is 0 Å². The number of halogens is 3. The Balaban J connectivity index is 1.97. The summed E-state index contributed by atoms with van der Waals surface area (Å²) in [5, 5.41) is 5.74. The van der Waals surface area contributed by atoms with Crippen molar-refractivity contribution in [3.8, 4) is 0 Å². The molecule has 0 unspecified atom stereocenters. The number of rotatable bonds is 9. The van der Waals surface area contributed by atoms with Crippen molar-refractivity contribution < 1.29 is 13.7 Å². The molecule has 0 radical (unpaired) electrons. The number of aromatic nitrogens is 3. The minimum atomic E-state index is -0.742. The third-order valence-corrected chi connectivity index (χ3v) is 3.94. The number of benzene rings is 1. The lowest BCUT2D eigenvalue weighted by atomic mass is 10.3. The number of nitrogens with one attached hydrogen (secondary N) is 3. The van der Waals surface area contributed by atoms with Gasteiger partial charge in [-0.1, -0.05) is 0 Å². The largest absolute Gasteiger partial charge is 0.354 e. The molecule has 0 fully saturated rings. The van der Waals surface area contributed by atoms with Gasteiger partial charge in [-0.05, 0) is 37.6 Å². The van der Waals surface area contributed by atoms with Crippen molar-refractivity contribution in [3.05, 3.63) is 35.1 Å². The Morgan fingerprint density at radius 1 is 1.08 bits per heavy atom. The molecule has 0 spiro atoms. The summed E-state index contributed by atoms with van der Waals surface area (Å²) < 4.78 is 26.7. The minimum Gasteiger partial charge on any atom is -0.354 e. The van der Waals surface area contributed by atoms with Gasteiger partial charge in [0.25, 0.3) is 0 Å². The first-order valence-corrected chi connectivity index (χ1v) is 8.60. The molecule has 2 rings (SSSR count). The molecule has 1 aromatic heterocycles. The van der Waals surface area contributed by atoms with Crippen molar-refractivity contribution >= 4 is 29.2 Å². The van der Waals surface area contributed by atoms with Crippen molar-refractivity contribution in [1.29, 1.82) is 0 Å². The van der Waals surface area contributed by atoms with E-state index in [2.05, 4.69) is 39.4 Å². The summed E-state index contributed by atoms with van der Waals surface area (Å²) in [5.74, 6) is -1.01. The molecule has 6 nitrogen and oxygen atoms in total. The second-order valence-electron chi connectivity index (χ2n) is 5.49. The summed E-state index contributed by atoms with van der Waals surface area (Å²) in [6, 6.07) is 3.19. The molecule has 0 atom stereocenters. The quantitative estimate of drug-likeness (QED) is 0.590. The Labute approximate surface area is 150 Å². The minimum absolute atomic E-state index is 0.0168. The molecule has 1 heterocycles. The Hall–Kier alpha value is -2.06. The first-order chi connectivity index (χ1) is 12.0. The van der Waals surface area contributed by atoms with E-state index < -0.39 is 11.6 Å². The van der Waals surface area contributed by atoms with Crippen LogP contribution in [0.4, 0.5) is 26.4 Å². The van der Waals surface area contributed by atoms with Crippen molar-refractivity contribution in [2.24, 2.45) is 0 Å². The summed E-state index contributed by atoms with van der Waals surface area (Å²) in [4.78, 5) is 13.6. The van der Waals surface area contributed by atoms with E-state index in [9.17, 15) is 8.78 Å². The predicted octanol–water partition coefficient (Wildman–Crippen LogP) is 2.27. The second kappa shape index (κ2) is 9.43. The van der Waals surface area contributed by atoms with Crippen LogP contribution in [0.25, 0.3) is 0 Å². The van der Waals surface area contributed by atoms with E-state index in [0.29, 0.717) is 12.5 Å². The first-order valence-electron chi connectivity index (χ1n) is 8.23. The van der Waals surface area contributed by atoms with Crippen LogP contribution >= 0.6 is 11.6 Å². The number of quaternary nitrogens is 1. The van der Waals surface area contributed by atoms with Gasteiger partial charge in [0.2, 0.25) is 17.2 Å². The van der Waals surface area contributed by atoms with Crippen LogP contribution in [-0.2, 0) is 0 Å². The highest BCUT2D eigenvalue weighted by Gasteiger charge is 2.09. The maximum atomic E-state index is 13.7. The SMILES string of the molecule is CC[NH+](CC)CCCNc1nc(Cl)nc(Nc2ccc(F)cc2F)n1. The van der Waals surface area contributed by atoms with E-state index >= 15 is 0 Å². The van der Waals surface area contributed by atoms with Crippen LogP contribution in [0.2, 0.25) is 5.28 Å². The maximum absolute atomic E-state index is 13.7. The second-order valence-corrected chi connectivity index (χ2v) is 5.83. The monoisotopic (exact) mass is 371 g/mol. The first kappa shape index (κ1) is 19.3. The highest BCUT2D eigenvalue weighted by atomic mass is 35.5. The summed E-state index contributed by atoms with van der Waals surface area (Å²) in [6.07, 6.45) is 0.954. The van der Waals surface area contributed by atoms with Crippen LogP contribution in [-0.4, -0.2) is 41.1 Å². The third kappa shape index (κ3) is 6.06. The Morgan fingerprint density at radius 2 is 1.80 bits per heavy atom. The van der Waals surface area contributed by atoms with Crippen LogP contribution in [0.1, 0.15) is 20.3 Å². The molecule has 25 heavy (non-hydrogen) atoms. The van der Waals surface area contributed by atoms with Crippen molar-refractivity contribution in [2.75, 3.05) is 36.8 Å². The van der Waals surface area contributed by atoms with Crippen LogP contribution in [0.15, 0.2) is 18.2 Å². The average molecular weight is 372 g/mol. The third-order valence-electron chi connectivity index (χ3n) is 3.78. The zero-order valence-corrected chi connectivity index (χ0v) is 15.0. The fourth-order valence-corrected chi connectivity index (χ4v) is 2.50. The predicted molar refractivity (Wildman–Crippen MR) is 94.5 cm³/mol. The molecule has 0 aliphatic carbocycles. The van der Waals surface area contributed by atoms with Gasteiger partial charge in [0, 0.05) is 19.0 Å². The van der Waals surface area contributed by atoms with Crippen molar-refractivity contribution in [2.45, 2.75) is 20.3 Å². The van der Waals surface area contributed by atoms with Gasteiger partial charge < -0.3 is 15.5 Å². The molecular weight excluding hydrogens is 350 g/mol. The summed E-state index contributed by atoms with van der Waals surface area (Å²) in [6.45, 7) is 8.23. The molecular formula is C16H22ClF2N6+. The normalized spacial score (nSPS) is 11.0. The summed E-state index contributed by atoms with van der Waals surface area (Å²) in [5.41, 5.74) is 0.0553. The molecule has 0 saturated heterocycles. The van der Waals surface area contributed by atoms with Crippen LogP contribution in [0, 0.1) is 11.6 Å². The fraction of sp³-hybridized carbons (Fsp3) is 0.438. The zero-order chi connectivity index (χ0) is 18.2. The Morgan fingerprint density at radius 3 is 2.48 bits per heavy atom. The molecule has 2 aromatic rings. The molecule has 0 amide bonds. The maximum Gasteiger partial charge on any atom is 0.233 e. The highest BCUT2D eigenvalue weighted by molar-refractivity contribution is 6.28. The molecule has 0 saturated carbocycles. The van der Waals surface area contributed by atoms with E-state index in [-0.39, 0.29) is 16.9 Å². The van der Waals surface area contributed by atoms with Gasteiger partial charge in [0.15, 0.2) is 0 Å². The van der Waals surface area contributed by atoms with Crippen LogP contribution in [0.3, 0.4) is 0 Å². The number of nitrogens with zero attached hydrogens (tertiary/aromatic N) is 3. The van der Waals surface area contributed by atoms with Gasteiger partial charge in [-0.3, -0.25) is 0 Å². The van der Waals surface area contributed by atoms with E-state index in [0.717, 1.165) is 38.2 Å². The Kier molecular flexibility index (Phi) is 7.27. The number of hydrogen-bond acceptors (Lipinski definition) is 5. The number of anilines is 3. The average Bonchev–Trinajstić information content (AvgIpc) is 2.57. The van der Waals surface area contributed by atoms with Gasteiger partial charge in [-0.15, -0.1) is 0 Å². The van der Waals surface area contributed by atoms with Gasteiger partial charge in [-0.25, -0.2) is 8.78 Å². The molecule has 0 aliphatic rings. The zero-order valence-electron chi connectivity index (χ0n) is 14.2. The van der Waals surface area contributed by atoms with E-state index in [4.69, 9.17) is 11.6 Å².